The molecule has 0 atom stereocenters. The van der Waals surface area contributed by atoms with Gasteiger partial charge in [-0.25, -0.2) is 4.79 Å². The summed E-state index contributed by atoms with van der Waals surface area (Å²) in [5.74, 6) is 0.0363. The Hall–Kier alpha value is -4.17. The van der Waals surface area contributed by atoms with E-state index in [1.807, 2.05) is 41.4 Å². The molecule has 1 amide bonds. The summed E-state index contributed by atoms with van der Waals surface area (Å²) in [7, 11) is 0. The lowest BCUT2D eigenvalue weighted by Gasteiger charge is -2.31. The van der Waals surface area contributed by atoms with E-state index in [0.717, 1.165) is 68.5 Å². The fraction of sp³-hybridized carbons (Fsp3) is 0.417. The van der Waals surface area contributed by atoms with E-state index in [4.69, 9.17) is 4.74 Å². The molecule has 0 N–H and O–H groups in total. The van der Waals surface area contributed by atoms with E-state index >= 15 is 0 Å². The van der Waals surface area contributed by atoms with E-state index in [0.29, 0.717) is 18.1 Å². The molecular weight excluding hydrogens is 550 g/mol. The van der Waals surface area contributed by atoms with Crippen molar-refractivity contribution >= 4 is 39.4 Å². The van der Waals surface area contributed by atoms with Crippen LogP contribution >= 0.6 is 0 Å². The van der Waals surface area contributed by atoms with Crippen LogP contribution < -0.4 is 0 Å². The van der Waals surface area contributed by atoms with Crippen molar-refractivity contribution in [1.29, 1.82) is 0 Å². The summed E-state index contributed by atoms with van der Waals surface area (Å²) in [6.07, 6.45) is 10.2. The van der Waals surface area contributed by atoms with Crippen molar-refractivity contribution in [3.8, 4) is 0 Å². The second-order valence-corrected chi connectivity index (χ2v) is 10.9. The molecule has 0 unspecified atom stereocenters. The highest BCUT2D eigenvalue weighted by Gasteiger charge is 2.19. The lowest BCUT2D eigenvalue weighted by Crippen LogP contribution is -2.43. The lowest BCUT2D eigenvalue weighted by molar-refractivity contribution is -0.135. The largest absolute Gasteiger partial charge is 0.462 e. The van der Waals surface area contributed by atoms with Crippen LogP contribution in [-0.2, 0) is 9.53 Å². The molecule has 2 aromatic carbocycles. The molecule has 0 saturated carbocycles. The van der Waals surface area contributed by atoms with Crippen molar-refractivity contribution < 1.29 is 14.3 Å². The zero-order valence-corrected chi connectivity index (χ0v) is 26.4. The SMILES string of the molecule is CCN(CC)CN1CCCCC1=O.CCOC(=O)c1cccc2ncccc12.c1cnc2ccc(C3=NCCCC3)cc2c1. The molecule has 1 fully saturated rings. The molecule has 0 bridgehead atoms. The highest BCUT2D eigenvalue weighted by atomic mass is 16.5. The Bertz CT molecular complexity index is 1540. The molecule has 2 aliphatic heterocycles. The molecule has 8 nitrogen and oxygen atoms in total. The maximum atomic E-state index is 11.6. The Morgan fingerprint density at radius 2 is 1.64 bits per heavy atom. The van der Waals surface area contributed by atoms with Gasteiger partial charge in [-0.3, -0.25) is 24.7 Å². The number of pyridine rings is 2. The normalized spacial score (nSPS) is 14.8. The fourth-order valence-electron chi connectivity index (χ4n) is 5.35. The Morgan fingerprint density at radius 3 is 2.36 bits per heavy atom. The molecule has 0 spiro atoms. The number of likely N-dealkylation sites (tertiary alicyclic amines) is 1. The van der Waals surface area contributed by atoms with E-state index in [2.05, 4.69) is 58.0 Å². The summed E-state index contributed by atoms with van der Waals surface area (Å²) in [5.41, 5.74) is 4.96. The molecule has 0 aliphatic carbocycles. The van der Waals surface area contributed by atoms with E-state index in [-0.39, 0.29) is 5.97 Å². The van der Waals surface area contributed by atoms with Gasteiger partial charge in [0.15, 0.2) is 0 Å². The lowest BCUT2D eigenvalue weighted by atomic mass is 10.0. The van der Waals surface area contributed by atoms with Crippen molar-refractivity contribution in [2.75, 3.05) is 39.5 Å². The monoisotopic (exact) mass is 595 g/mol. The van der Waals surface area contributed by atoms with Gasteiger partial charge in [0.2, 0.25) is 5.91 Å². The van der Waals surface area contributed by atoms with Gasteiger partial charge >= 0.3 is 5.97 Å². The molecular formula is C36H45N5O3. The third-order valence-corrected chi connectivity index (χ3v) is 7.89. The summed E-state index contributed by atoms with van der Waals surface area (Å²) in [5, 5.41) is 2.03. The first-order chi connectivity index (χ1) is 21.5. The summed E-state index contributed by atoms with van der Waals surface area (Å²) < 4.78 is 4.97. The Labute approximate surface area is 261 Å². The summed E-state index contributed by atoms with van der Waals surface area (Å²) in [4.78, 5) is 40.4. The Morgan fingerprint density at radius 1 is 0.864 bits per heavy atom. The van der Waals surface area contributed by atoms with Crippen molar-refractivity contribution in [2.24, 2.45) is 4.99 Å². The zero-order chi connectivity index (χ0) is 31.1. The van der Waals surface area contributed by atoms with Crippen LogP contribution in [0.2, 0.25) is 0 Å². The van der Waals surface area contributed by atoms with Crippen LogP contribution in [0.15, 0.2) is 78.0 Å². The summed E-state index contributed by atoms with van der Waals surface area (Å²) >= 11 is 0. The van der Waals surface area contributed by atoms with Crippen LogP contribution in [0.25, 0.3) is 21.8 Å². The predicted molar refractivity (Wildman–Crippen MR) is 178 cm³/mol. The number of hydrogen-bond acceptors (Lipinski definition) is 7. The average Bonchev–Trinajstić information content (AvgIpc) is 3.08. The molecule has 4 aromatic rings. The number of amides is 1. The number of nitrogens with zero attached hydrogens (tertiary/aromatic N) is 5. The highest BCUT2D eigenvalue weighted by Crippen LogP contribution is 2.19. The minimum atomic E-state index is -0.295. The minimum absolute atomic E-state index is 0.295. The summed E-state index contributed by atoms with van der Waals surface area (Å²) in [6, 6.07) is 19.6. The van der Waals surface area contributed by atoms with Crippen LogP contribution in [0.1, 0.15) is 75.2 Å². The smallest absolute Gasteiger partial charge is 0.338 e. The van der Waals surface area contributed by atoms with Gasteiger partial charge in [-0.15, -0.1) is 0 Å². The number of aromatic nitrogens is 2. The predicted octanol–water partition coefficient (Wildman–Crippen LogP) is 6.92. The van der Waals surface area contributed by atoms with Crippen molar-refractivity contribution in [3.63, 3.8) is 0 Å². The number of ether oxygens (including phenoxy) is 1. The molecule has 2 aliphatic rings. The van der Waals surface area contributed by atoms with Crippen LogP contribution in [0.3, 0.4) is 0 Å². The quantitative estimate of drug-likeness (QED) is 0.216. The second kappa shape index (κ2) is 17.2. The topological polar surface area (TPSA) is 88.0 Å². The van der Waals surface area contributed by atoms with Gasteiger partial charge in [0.05, 0.1) is 29.9 Å². The van der Waals surface area contributed by atoms with E-state index < -0.39 is 0 Å². The molecule has 4 heterocycles. The van der Waals surface area contributed by atoms with Crippen molar-refractivity contribution in [3.05, 3.63) is 84.2 Å². The van der Waals surface area contributed by atoms with E-state index in [9.17, 15) is 9.59 Å². The van der Waals surface area contributed by atoms with Crippen LogP contribution in [0, 0.1) is 0 Å². The number of carbonyl (C=O) groups is 2. The molecule has 1 saturated heterocycles. The standard InChI is InChI=1S/C14H14N2.C12H11NO2.C10H20N2O/c1-2-8-15-13(5-1)12-6-7-14-11(10-12)4-3-9-16-14;1-2-15-12(14)10-5-3-7-11-9(10)6-4-8-13-11;1-3-11(4-2)9-12-8-6-5-7-10(12)13/h3-4,6-7,9-10H,1-2,5,8H2;3-8H,2H2,1H3;3-9H2,1-2H3. The molecule has 44 heavy (non-hydrogen) atoms. The van der Waals surface area contributed by atoms with Gasteiger partial charge in [0.1, 0.15) is 0 Å². The molecule has 0 radical (unpaired) electrons. The first kappa shape index (κ1) is 32.7. The van der Waals surface area contributed by atoms with E-state index in [1.54, 1.807) is 19.2 Å². The van der Waals surface area contributed by atoms with Crippen molar-refractivity contribution in [2.45, 2.75) is 59.3 Å². The number of carbonyl (C=O) groups excluding carboxylic acids is 2. The minimum Gasteiger partial charge on any atom is -0.462 e. The third kappa shape index (κ3) is 9.16. The number of aliphatic imine (C=N–C) groups is 1. The maximum absolute atomic E-state index is 11.6. The van der Waals surface area contributed by atoms with Gasteiger partial charge in [-0.05, 0) is 94.1 Å². The second-order valence-electron chi connectivity index (χ2n) is 10.9. The Balaban J connectivity index is 0.000000152. The average molecular weight is 596 g/mol. The molecule has 8 heteroatoms. The molecule has 232 valence electrons. The zero-order valence-electron chi connectivity index (χ0n) is 26.4. The number of piperidine rings is 1. The first-order valence-electron chi connectivity index (χ1n) is 15.9. The van der Waals surface area contributed by atoms with Gasteiger partial charge in [0.25, 0.3) is 0 Å². The third-order valence-electron chi connectivity index (χ3n) is 7.89. The summed E-state index contributed by atoms with van der Waals surface area (Å²) in [6.45, 7) is 11.3. The van der Waals surface area contributed by atoms with E-state index in [1.165, 1.54) is 35.9 Å². The fourth-order valence-corrected chi connectivity index (χ4v) is 5.35. The first-order valence-corrected chi connectivity index (χ1v) is 15.9. The highest BCUT2D eigenvalue weighted by molar-refractivity contribution is 6.04. The Kier molecular flexibility index (Phi) is 12.8. The van der Waals surface area contributed by atoms with Gasteiger partial charge < -0.3 is 9.64 Å². The molecule has 2 aromatic heterocycles. The number of esters is 1. The van der Waals surface area contributed by atoms with Crippen LogP contribution in [0.4, 0.5) is 0 Å². The maximum Gasteiger partial charge on any atom is 0.338 e. The number of hydrogen-bond donors (Lipinski definition) is 0. The molecule has 6 rings (SSSR count). The number of benzene rings is 2. The van der Waals surface area contributed by atoms with Crippen LogP contribution in [0.5, 0.6) is 0 Å². The van der Waals surface area contributed by atoms with Crippen molar-refractivity contribution in [1.82, 2.24) is 19.8 Å². The van der Waals surface area contributed by atoms with Gasteiger partial charge in [-0.2, -0.15) is 0 Å². The van der Waals surface area contributed by atoms with Crippen LogP contribution in [-0.4, -0.2) is 76.8 Å². The number of rotatable bonds is 7. The number of fused-ring (bicyclic) bond motifs is 2. The van der Waals surface area contributed by atoms with Gasteiger partial charge in [0, 0.05) is 48.4 Å². The van der Waals surface area contributed by atoms with Gasteiger partial charge in [-0.1, -0.05) is 38.1 Å².